The van der Waals surface area contributed by atoms with Crippen molar-refractivity contribution in [3.8, 4) is 22.7 Å². The number of thiazole rings is 1. The van der Waals surface area contributed by atoms with Crippen LogP contribution in [0.1, 0.15) is 32.0 Å². The molecule has 0 amide bonds. The van der Waals surface area contributed by atoms with Crippen molar-refractivity contribution in [2.45, 2.75) is 32.7 Å². The first kappa shape index (κ1) is 16.1. The Labute approximate surface area is 150 Å². The normalized spacial score (nSPS) is 12.2. The molecular weight excluding hydrogens is 330 g/mol. The minimum atomic E-state index is 0.135. The minimum Gasteiger partial charge on any atom is -0.463 e. The number of rotatable bonds is 3. The van der Waals surface area contributed by atoms with Crippen molar-refractivity contribution in [3.05, 3.63) is 59.3 Å². The van der Waals surface area contributed by atoms with E-state index in [1.54, 1.807) is 17.6 Å². The molecule has 4 aromatic rings. The fourth-order valence-electron chi connectivity index (χ4n) is 3.06. The van der Waals surface area contributed by atoms with E-state index < -0.39 is 0 Å². The number of hydrogen-bond acceptors (Lipinski definition) is 4. The van der Waals surface area contributed by atoms with Gasteiger partial charge in [0.15, 0.2) is 10.7 Å². The molecule has 0 aliphatic heterocycles. The van der Waals surface area contributed by atoms with Crippen molar-refractivity contribution in [1.29, 1.82) is 0 Å². The lowest BCUT2D eigenvalue weighted by atomic mass is 9.86. The van der Waals surface area contributed by atoms with E-state index in [0.29, 0.717) is 6.54 Å². The van der Waals surface area contributed by atoms with Crippen molar-refractivity contribution in [3.63, 3.8) is 0 Å². The second-order valence-corrected chi connectivity index (χ2v) is 7.99. The molecule has 0 radical (unpaired) electrons. The number of nitrogens with two attached hydrogens (primary N) is 1. The van der Waals surface area contributed by atoms with E-state index in [4.69, 9.17) is 15.1 Å². The Balaban J connectivity index is 1.86. The molecule has 0 bridgehead atoms. The maximum atomic E-state index is 6.09. The van der Waals surface area contributed by atoms with E-state index in [-0.39, 0.29) is 5.41 Å². The molecule has 4 nitrogen and oxygen atoms in total. The highest BCUT2D eigenvalue weighted by molar-refractivity contribution is 7.15. The van der Waals surface area contributed by atoms with Gasteiger partial charge in [-0.15, -0.1) is 11.3 Å². The molecule has 0 fully saturated rings. The molecule has 2 N–H and O–H groups in total. The second kappa shape index (κ2) is 5.86. The highest BCUT2D eigenvalue weighted by atomic mass is 32.1. The molecule has 0 saturated heterocycles. The SMILES string of the molecule is CC(C)(C)c1ccc(-c2nc3scc(-c4ccco4)n3c2CN)cc1. The van der Waals surface area contributed by atoms with Gasteiger partial charge in [0.25, 0.3) is 0 Å². The van der Waals surface area contributed by atoms with E-state index in [1.807, 2.05) is 12.1 Å². The van der Waals surface area contributed by atoms with Crippen LogP contribution in [0.3, 0.4) is 0 Å². The summed E-state index contributed by atoms with van der Waals surface area (Å²) < 4.78 is 7.68. The lowest BCUT2D eigenvalue weighted by molar-refractivity contribution is 0.579. The highest BCUT2D eigenvalue weighted by Gasteiger charge is 2.20. The topological polar surface area (TPSA) is 56.5 Å². The summed E-state index contributed by atoms with van der Waals surface area (Å²) in [6, 6.07) is 12.5. The zero-order valence-corrected chi connectivity index (χ0v) is 15.4. The Morgan fingerprint density at radius 3 is 2.52 bits per heavy atom. The van der Waals surface area contributed by atoms with E-state index in [9.17, 15) is 0 Å². The highest BCUT2D eigenvalue weighted by Crippen LogP contribution is 2.33. The molecule has 0 spiro atoms. The number of imidazole rings is 1. The van der Waals surface area contributed by atoms with Gasteiger partial charge in [0, 0.05) is 17.5 Å². The van der Waals surface area contributed by atoms with Crippen LogP contribution in [-0.2, 0) is 12.0 Å². The zero-order chi connectivity index (χ0) is 17.6. The van der Waals surface area contributed by atoms with Gasteiger partial charge in [-0.05, 0) is 23.1 Å². The summed E-state index contributed by atoms with van der Waals surface area (Å²) in [7, 11) is 0. The van der Waals surface area contributed by atoms with Gasteiger partial charge in [-0.2, -0.15) is 0 Å². The van der Waals surface area contributed by atoms with Gasteiger partial charge >= 0.3 is 0 Å². The first-order valence-corrected chi connectivity index (χ1v) is 9.20. The summed E-state index contributed by atoms with van der Waals surface area (Å²) in [4.78, 5) is 5.77. The quantitative estimate of drug-likeness (QED) is 0.560. The van der Waals surface area contributed by atoms with Gasteiger partial charge in [-0.1, -0.05) is 45.0 Å². The van der Waals surface area contributed by atoms with Crippen molar-refractivity contribution >= 4 is 16.3 Å². The molecule has 0 atom stereocenters. The van der Waals surface area contributed by atoms with Gasteiger partial charge in [0.2, 0.25) is 0 Å². The van der Waals surface area contributed by atoms with E-state index >= 15 is 0 Å². The second-order valence-electron chi connectivity index (χ2n) is 7.15. The van der Waals surface area contributed by atoms with Crippen LogP contribution < -0.4 is 5.73 Å². The molecule has 0 aliphatic carbocycles. The molecule has 5 heteroatoms. The number of benzene rings is 1. The predicted molar refractivity (Wildman–Crippen MR) is 103 cm³/mol. The molecule has 128 valence electrons. The Morgan fingerprint density at radius 1 is 1.16 bits per heavy atom. The van der Waals surface area contributed by atoms with Gasteiger partial charge < -0.3 is 10.2 Å². The number of nitrogens with zero attached hydrogens (tertiary/aromatic N) is 2. The third kappa shape index (κ3) is 2.69. The summed E-state index contributed by atoms with van der Waals surface area (Å²) in [5, 5.41) is 2.06. The van der Waals surface area contributed by atoms with Crippen LogP contribution >= 0.6 is 11.3 Å². The molecule has 3 aromatic heterocycles. The number of aromatic nitrogens is 2. The maximum Gasteiger partial charge on any atom is 0.195 e. The minimum absolute atomic E-state index is 0.135. The van der Waals surface area contributed by atoms with Crippen LogP contribution in [0.25, 0.3) is 27.7 Å². The summed E-state index contributed by atoms with van der Waals surface area (Å²) in [5.74, 6) is 0.827. The van der Waals surface area contributed by atoms with Gasteiger partial charge in [0.05, 0.1) is 17.7 Å². The summed E-state index contributed by atoms with van der Waals surface area (Å²) in [5.41, 5.74) is 11.6. The standard InChI is InChI=1S/C20H21N3OS/c1-20(2,3)14-8-6-13(7-9-14)18-15(11-21)23-16(12-25-19(23)22-18)17-5-4-10-24-17/h4-10,12H,11,21H2,1-3H3. The van der Waals surface area contributed by atoms with Crippen molar-refractivity contribution in [1.82, 2.24) is 9.38 Å². The van der Waals surface area contributed by atoms with E-state index in [1.165, 1.54) is 5.56 Å². The average molecular weight is 351 g/mol. The van der Waals surface area contributed by atoms with E-state index in [2.05, 4.69) is 54.8 Å². The number of hydrogen-bond donors (Lipinski definition) is 1. The Hall–Kier alpha value is -2.37. The zero-order valence-electron chi connectivity index (χ0n) is 14.6. The lowest BCUT2D eigenvalue weighted by Gasteiger charge is -2.19. The smallest absolute Gasteiger partial charge is 0.195 e. The van der Waals surface area contributed by atoms with Crippen molar-refractivity contribution < 1.29 is 4.42 Å². The molecule has 0 unspecified atom stereocenters. The lowest BCUT2D eigenvalue weighted by Crippen LogP contribution is -2.10. The van der Waals surface area contributed by atoms with Gasteiger partial charge in [-0.25, -0.2) is 4.98 Å². The molecule has 0 aliphatic rings. The monoisotopic (exact) mass is 351 g/mol. The fourth-order valence-corrected chi connectivity index (χ4v) is 3.96. The average Bonchev–Trinajstić information content (AvgIpc) is 3.29. The molecule has 1 aromatic carbocycles. The first-order valence-electron chi connectivity index (χ1n) is 8.32. The van der Waals surface area contributed by atoms with Crippen LogP contribution in [0.2, 0.25) is 0 Å². The molecule has 3 heterocycles. The van der Waals surface area contributed by atoms with Crippen LogP contribution in [0.5, 0.6) is 0 Å². The van der Waals surface area contributed by atoms with Crippen molar-refractivity contribution in [2.75, 3.05) is 0 Å². The molecular formula is C20H21N3OS. The largest absolute Gasteiger partial charge is 0.463 e. The number of fused-ring (bicyclic) bond motifs is 1. The molecule has 4 rings (SSSR count). The Kier molecular flexibility index (Phi) is 3.78. The molecule has 25 heavy (non-hydrogen) atoms. The van der Waals surface area contributed by atoms with E-state index in [0.717, 1.165) is 33.4 Å². The summed E-state index contributed by atoms with van der Waals surface area (Å²) >= 11 is 1.60. The summed E-state index contributed by atoms with van der Waals surface area (Å²) in [6.07, 6.45) is 1.68. The third-order valence-corrected chi connectivity index (χ3v) is 5.28. The van der Waals surface area contributed by atoms with Crippen LogP contribution in [0.4, 0.5) is 0 Å². The predicted octanol–water partition coefficient (Wildman–Crippen LogP) is 5.08. The van der Waals surface area contributed by atoms with Crippen LogP contribution in [0, 0.1) is 0 Å². The Bertz CT molecular complexity index is 1000. The van der Waals surface area contributed by atoms with Gasteiger partial charge in [-0.3, -0.25) is 4.40 Å². The van der Waals surface area contributed by atoms with Crippen molar-refractivity contribution in [2.24, 2.45) is 5.73 Å². The third-order valence-electron chi connectivity index (χ3n) is 4.45. The van der Waals surface area contributed by atoms with Crippen LogP contribution in [0.15, 0.2) is 52.5 Å². The maximum absolute atomic E-state index is 6.09. The van der Waals surface area contributed by atoms with Crippen LogP contribution in [-0.4, -0.2) is 9.38 Å². The summed E-state index contributed by atoms with van der Waals surface area (Å²) in [6.45, 7) is 7.07. The fraction of sp³-hybridized carbons (Fsp3) is 0.250. The molecule has 0 saturated carbocycles. The number of furan rings is 1. The van der Waals surface area contributed by atoms with Gasteiger partial charge in [0.1, 0.15) is 5.69 Å². The first-order chi connectivity index (χ1) is 12.0. The Morgan fingerprint density at radius 2 is 1.92 bits per heavy atom.